The van der Waals surface area contributed by atoms with Crippen molar-refractivity contribution in [3.63, 3.8) is 0 Å². The minimum absolute atomic E-state index is 0.283. The normalized spacial score (nSPS) is 19.4. The Morgan fingerprint density at radius 3 is 2.33 bits per heavy atom. The van der Waals surface area contributed by atoms with E-state index in [1.54, 1.807) is 25.4 Å². The smallest absolute Gasteiger partial charge is 0.258 e. The van der Waals surface area contributed by atoms with E-state index in [0.717, 1.165) is 39.8 Å². The quantitative estimate of drug-likeness (QED) is 0.185. The van der Waals surface area contributed by atoms with E-state index in [-0.39, 0.29) is 12.0 Å². The molecule has 0 spiro atoms. The number of benzene rings is 2. The van der Waals surface area contributed by atoms with Crippen LogP contribution in [0.15, 0.2) is 60.8 Å². The van der Waals surface area contributed by atoms with Crippen molar-refractivity contribution in [3.05, 3.63) is 98.7 Å². The molecular formula is C37H39Cl2N5O5. The largest absolute Gasteiger partial charge is 0.481 e. The van der Waals surface area contributed by atoms with Gasteiger partial charge in [0.05, 0.1) is 28.9 Å². The Labute approximate surface area is 295 Å². The van der Waals surface area contributed by atoms with Crippen LogP contribution in [0, 0.1) is 0 Å². The van der Waals surface area contributed by atoms with Crippen molar-refractivity contribution in [2.45, 2.75) is 57.1 Å². The fraction of sp³-hybridized carbons (Fsp3) is 0.378. The Kier molecular flexibility index (Phi) is 9.06. The van der Waals surface area contributed by atoms with Gasteiger partial charge in [0.2, 0.25) is 11.8 Å². The molecule has 3 N–H and O–H groups in total. The van der Waals surface area contributed by atoms with E-state index in [4.69, 9.17) is 32.7 Å². The number of aliphatic hydroxyl groups is 2. The Balaban J connectivity index is 1.05. The summed E-state index contributed by atoms with van der Waals surface area (Å²) in [6.45, 7) is 7.29. The van der Waals surface area contributed by atoms with Crippen LogP contribution in [-0.4, -0.2) is 80.4 Å². The van der Waals surface area contributed by atoms with Crippen LogP contribution in [0.1, 0.15) is 59.0 Å². The third-order valence-corrected chi connectivity index (χ3v) is 9.98. The van der Waals surface area contributed by atoms with Gasteiger partial charge in [-0.1, -0.05) is 59.6 Å². The lowest BCUT2D eigenvalue weighted by molar-refractivity contribution is -0.0876. The second kappa shape index (κ2) is 13.2. The highest BCUT2D eigenvalue weighted by Crippen LogP contribution is 2.43. The number of carbonyl (C=O) groups excluding carboxylic acids is 1. The van der Waals surface area contributed by atoms with Gasteiger partial charge in [-0.3, -0.25) is 14.6 Å². The third-order valence-electron chi connectivity index (χ3n) is 9.30. The summed E-state index contributed by atoms with van der Waals surface area (Å²) in [5.74, 6) is 0.815. The molecule has 10 nitrogen and oxygen atoms in total. The highest BCUT2D eigenvalue weighted by atomic mass is 35.5. The average Bonchev–Trinajstić information content (AvgIpc) is 3.44. The summed E-state index contributed by atoms with van der Waals surface area (Å²) in [5, 5.41) is 23.7. The van der Waals surface area contributed by atoms with E-state index in [2.05, 4.69) is 25.1 Å². The lowest BCUT2D eigenvalue weighted by Gasteiger charge is -2.44. The molecule has 2 aliphatic heterocycles. The van der Waals surface area contributed by atoms with Crippen molar-refractivity contribution in [1.82, 2.24) is 19.8 Å². The summed E-state index contributed by atoms with van der Waals surface area (Å²) in [6.07, 6.45) is 2.91. The molecule has 0 saturated carbocycles. The average molecular weight is 705 g/mol. The van der Waals surface area contributed by atoms with Crippen LogP contribution >= 0.6 is 23.2 Å². The number of methoxy groups -OCH3 is 1. The minimum Gasteiger partial charge on any atom is -0.481 e. The highest BCUT2D eigenvalue weighted by molar-refractivity contribution is 6.37. The molecule has 3 aliphatic rings. The van der Waals surface area contributed by atoms with Crippen molar-refractivity contribution in [2.24, 2.45) is 0 Å². The topological polar surface area (TPSA) is 120 Å². The van der Waals surface area contributed by atoms with Crippen molar-refractivity contribution in [1.29, 1.82) is 0 Å². The van der Waals surface area contributed by atoms with E-state index in [9.17, 15) is 15.0 Å². The minimum atomic E-state index is -0.676. The Morgan fingerprint density at radius 1 is 0.959 bits per heavy atom. The first kappa shape index (κ1) is 33.7. The summed E-state index contributed by atoms with van der Waals surface area (Å²) in [4.78, 5) is 26.7. The molecule has 1 amide bonds. The van der Waals surface area contributed by atoms with Gasteiger partial charge in [0.1, 0.15) is 16.9 Å². The first-order valence-corrected chi connectivity index (χ1v) is 17.1. The van der Waals surface area contributed by atoms with Crippen molar-refractivity contribution < 1.29 is 24.5 Å². The number of hydrogen-bond donors (Lipinski definition) is 3. The van der Waals surface area contributed by atoms with E-state index in [0.29, 0.717) is 78.9 Å². The van der Waals surface area contributed by atoms with Gasteiger partial charge < -0.3 is 25.0 Å². The van der Waals surface area contributed by atoms with Crippen LogP contribution in [0.25, 0.3) is 11.1 Å². The number of amides is 1. The molecule has 1 unspecified atom stereocenters. The molecule has 4 aromatic rings. The summed E-state index contributed by atoms with van der Waals surface area (Å²) >= 11 is 13.6. The van der Waals surface area contributed by atoms with Crippen molar-refractivity contribution in [2.75, 3.05) is 38.6 Å². The van der Waals surface area contributed by atoms with Crippen molar-refractivity contribution >= 4 is 34.9 Å². The lowest BCUT2D eigenvalue weighted by atomic mass is 9.95. The van der Waals surface area contributed by atoms with E-state index in [1.807, 2.05) is 56.3 Å². The molecule has 0 bridgehead atoms. The first-order valence-electron chi connectivity index (χ1n) is 16.3. The molecule has 49 heavy (non-hydrogen) atoms. The molecule has 256 valence electrons. The molecule has 2 aromatic carbocycles. The van der Waals surface area contributed by atoms with Gasteiger partial charge in [-0.15, -0.1) is 0 Å². The molecule has 2 aromatic heterocycles. The van der Waals surface area contributed by atoms with Gasteiger partial charge in [0.25, 0.3) is 5.91 Å². The Morgan fingerprint density at radius 2 is 1.65 bits per heavy atom. The fourth-order valence-corrected chi connectivity index (χ4v) is 7.77. The number of aromatic nitrogens is 2. The maximum Gasteiger partial charge on any atom is 0.258 e. The molecule has 4 heterocycles. The zero-order valence-corrected chi connectivity index (χ0v) is 29.2. The lowest BCUT2D eigenvalue weighted by Crippen LogP contribution is -2.59. The molecule has 1 atom stereocenters. The van der Waals surface area contributed by atoms with Gasteiger partial charge in [0.15, 0.2) is 0 Å². The van der Waals surface area contributed by atoms with Crippen molar-refractivity contribution in [3.8, 4) is 22.9 Å². The summed E-state index contributed by atoms with van der Waals surface area (Å²) in [6, 6.07) is 17.0. The molecule has 1 aliphatic carbocycles. The van der Waals surface area contributed by atoms with Gasteiger partial charge >= 0.3 is 0 Å². The number of fused-ring (bicyclic) bond motifs is 1. The number of ether oxygens (including phenoxy) is 2. The Bertz CT molecular complexity index is 1890. The van der Waals surface area contributed by atoms with Crippen LogP contribution in [0.3, 0.4) is 0 Å². The third kappa shape index (κ3) is 7.12. The molecular weight excluding hydrogens is 665 g/mol. The van der Waals surface area contributed by atoms with E-state index >= 15 is 0 Å². The molecule has 2 saturated heterocycles. The number of rotatable bonds is 10. The van der Waals surface area contributed by atoms with Gasteiger partial charge in [-0.05, 0) is 67.1 Å². The van der Waals surface area contributed by atoms with E-state index in [1.165, 1.54) is 0 Å². The number of anilines is 1. The van der Waals surface area contributed by atoms with E-state index < -0.39 is 11.2 Å². The number of pyridine rings is 2. The second-order valence-corrected chi connectivity index (χ2v) is 14.7. The second-order valence-electron chi connectivity index (χ2n) is 13.9. The van der Waals surface area contributed by atoms with Crippen LogP contribution in [0.4, 0.5) is 5.82 Å². The van der Waals surface area contributed by atoms with Crippen LogP contribution in [0.5, 0.6) is 11.8 Å². The van der Waals surface area contributed by atoms with Gasteiger partial charge in [-0.2, -0.15) is 4.98 Å². The number of hydrogen-bond acceptors (Lipinski definition) is 9. The highest BCUT2D eigenvalue weighted by Gasteiger charge is 2.37. The first-order chi connectivity index (χ1) is 23.4. The SMILES string of the molecule is COc1nc(OC2CCc3c(-c4cccc(C(=O)Nc5ccc(CN6CC(C)(O)C6)cn5)c4Cl)cccc32)c(Cl)cc1CN1CC(C)(O)C1. The number of β-amino-alcohol motifs (C(OH)–C–C–N with tert-alkyl or cyclic N) is 2. The monoisotopic (exact) mass is 703 g/mol. The number of halogens is 2. The zero-order valence-electron chi connectivity index (χ0n) is 27.7. The maximum atomic E-state index is 13.4. The fourth-order valence-electron chi connectivity index (χ4n) is 7.24. The number of nitrogens with zero attached hydrogens (tertiary/aromatic N) is 4. The van der Waals surface area contributed by atoms with Crippen LogP contribution < -0.4 is 14.8 Å². The predicted molar refractivity (Wildman–Crippen MR) is 188 cm³/mol. The molecule has 7 rings (SSSR count). The maximum absolute atomic E-state index is 13.4. The molecule has 0 radical (unpaired) electrons. The van der Waals surface area contributed by atoms with Crippen LogP contribution in [-0.2, 0) is 19.5 Å². The predicted octanol–water partition coefficient (Wildman–Crippen LogP) is 5.91. The summed E-state index contributed by atoms with van der Waals surface area (Å²) in [7, 11) is 1.57. The van der Waals surface area contributed by atoms with Gasteiger partial charge in [-0.25, -0.2) is 4.98 Å². The number of carbonyl (C=O) groups is 1. The molecule has 12 heteroatoms. The Hall–Kier alpha value is -3.77. The standard InChI is InChI=1S/C37H39Cl2N5O5/c1-36(46)18-43(19-36)16-22-10-13-31(40-15-22)41-33(45)28-9-5-8-27(32(28)39)24-6-4-7-26-25(24)11-12-30(26)49-35-29(38)14-23(34(42-35)48-3)17-44-20-37(2,47)21-44/h4-10,13-15,30,46-47H,11-12,16-21H2,1-3H3,(H,40,41,45). The van der Waals surface area contributed by atoms with Crippen LogP contribution in [0.2, 0.25) is 10.0 Å². The summed E-state index contributed by atoms with van der Waals surface area (Å²) < 4.78 is 12.0. The van der Waals surface area contributed by atoms with Gasteiger partial charge in [0, 0.05) is 56.6 Å². The number of likely N-dealkylation sites (tertiary alicyclic amines) is 2. The zero-order chi connectivity index (χ0) is 34.5. The molecule has 2 fully saturated rings. The summed E-state index contributed by atoms with van der Waals surface area (Å²) in [5.41, 5.74) is 4.68. The number of nitrogens with one attached hydrogen (secondary N) is 1.